The van der Waals surface area contributed by atoms with E-state index in [-0.39, 0.29) is 12.2 Å². The lowest BCUT2D eigenvalue weighted by Crippen LogP contribution is -2.06. The SMILES string of the molecule is COc1ccc(F)c(-c2ccc(COc3cccc(CCC(=O)O)c3)cc2C2=CCOCC2)c1. The van der Waals surface area contributed by atoms with Crippen molar-refractivity contribution in [3.63, 3.8) is 0 Å². The van der Waals surface area contributed by atoms with Crippen LogP contribution in [0, 0.1) is 5.82 Å². The van der Waals surface area contributed by atoms with E-state index in [9.17, 15) is 9.18 Å². The van der Waals surface area contributed by atoms with E-state index in [4.69, 9.17) is 19.3 Å². The van der Waals surface area contributed by atoms with Crippen LogP contribution in [-0.4, -0.2) is 31.4 Å². The van der Waals surface area contributed by atoms with Crippen LogP contribution in [0.4, 0.5) is 4.39 Å². The van der Waals surface area contributed by atoms with Gasteiger partial charge in [0.05, 0.1) is 20.3 Å². The van der Waals surface area contributed by atoms with Gasteiger partial charge in [0.2, 0.25) is 0 Å². The third-order valence-electron chi connectivity index (χ3n) is 5.79. The smallest absolute Gasteiger partial charge is 0.303 e. The highest BCUT2D eigenvalue weighted by Gasteiger charge is 2.17. The van der Waals surface area contributed by atoms with Crippen molar-refractivity contribution in [3.8, 4) is 22.6 Å². The van der Waals surface area contributed by atoms with E-state index in [1.165, 1.54) is 6.07 Å². The van der Waals surface area contributed by atoms with Gasteiger partial charge in [-0.25, -0.2) is 4.39 Å². The van der Waals surface area contributed by atoms with Crippen LogP contribution >= 0.6 is 0 Å². The van der Waals surface area contributed by atoms with Crippen molar-refractivity contribution in [2.24, 2.45) is 0 Å². The normalized spacial score (nSPS) is 13.3. The second kappa shape index (κ2) is 11.0. The van der Waals surface area contributed by atoms with Gasteiger partial charge in [-0.15, -0.1) is 0 Å². The highest BCUT2D eigenvalue weighted by Crippen LogP contribution is 2.36. The molecule has 176 valence electrons. The molecule has 1 N–H and O–H groups in total. The molecule has 6 heteroatoms. The lowest BCUT2D eigenvalue weighted by atomic mass is 9.90. The van der Waals surface area contributed by atoms with Gasteiger partial charge in [-0.1, -0.05) is 30.3 Å². The Hall–Kier alpha value is -3.64. The largest absolute Gasteiger partial charge is 0.497 e. The second-order valence-electron chi connectivity index (χ2n) is 8.11. The second-order valence-corrected chi connectivity index (χ2v) is 8.11. The molecule has 1 aliphatic heterocycles. The summed E-state index contributed by atoms with van der Waals surface area (Å²) in [4.78, 5) is 10.8. The van der Waals surface area contributed by atoms with Crippen LogP contribution in [0.2, 0.25) is 0 Å². The molecule has 0 aliphatic carbocycles. The van der Waals surface area contributed by atoms with Crippen molar-refractivity contribution < 1.29 is 28.5 Å². The van der Waals surface area contributed by atoms with Gasteiger partial charge in [-0.3, -0.25) is 4.79 Å². The summed E-state index contributed by atoms with van der Waals surface area (Å²) in [7, 11) is 1.57. The van der Waals surface area contributed by atoms with Crippen molar-refractivity contribution in [2.45, 2.75) is 25.9 Å². The molecule has 34 heavy (non-hydrogen) atoms. The van der Waals surface area contributed by atoms with Gasteiger partial charge >= 0.3 is 5.97 Å². The molecule has 3 aromatic rings. The molecule has 0 atom stereocenters. The van der Waals surface area contributed by atoms with Crippen molar-refractivity contribution >= 4 is 11.5 Å². The molecule has 0 amide bonds. The van der Waals surface area contributed by atoms with Crippen LogP contribution in [-0.2, 0) is 22.6 Å². The van der Waals surface area contributed by atoms with E-state index in [2.05, 4.69) is 0 Å². The Morgan fingerprint density at radius 1 is 1.00 bits per heavy atom. The van der Waals surface area contributed by atoms with Crippen molar-refractivity contribution in [1.29, 1.82) is 0 Å². The van der Waals surface area contributed by atoms with Gasteiger partial charge in [0, 0.05) is 12.0 Å². The number of aryl methyl sites for hydroxylation is 1. The first-order valence-electron chi connectivity index (χ1n) is 11.2. The van der Waals surface area contributed by atoms with Crippen LogP contribution in [0.5, 0.6) is 11.5 Å². The number of carboxylic acid groups (broad SMARTS) is 1. The maximum absolute atomic E-state index is 14.8. The maximum atomic E-state index is 14.8. The monoisotopic (exact) mass is 462 g/mol. The number of hydrogen-bond acceptors (Lipinski definition) is 4. The molecule has 0 bridgehead atoms. The zero-order valence-corrected chi connectivity index (χ0v) is 19.1. The van der Waals surface area contributed by atoms with Crippen LogP contribution in [0.1, 0.15) is 29.5 Å². The summed E-state index contributed by atoms with van der Waals surface area (Å²) in [5, 5.41) is 8.91. The molecular weight excluding hydrogens is 435 g/mol. The summed E-state index contributed by atoms with van der Waals surface area (Å²) in [6.45, 7) is 1.48. The Balaban J connectivity index is 1.61. The minimum absolute atomic E-state index is 0.0773. The quantitative estimate of drug-likeness (QED) is 0.429. The molecule has 0 saturated carbocycles. The zero-order valence-electron chi connectivity index (χ0n) is 19.1. The van der Waals surface area contributed by atoms with Gasteiger partial charge in [-0.05, 0) is 77.1 Å². The summed E-state index contributed by atoms with van der Waals surface area (Å²) in [5.41, 5.74) is 5.21. The fourth-order valence-electron chi connectivity index (χ4n) is 4.00. The third-order valence-corrected chi connectivity index (χ3v) is 5.79. The predicted molar refractivity (Wildman–Crippen MR) is 129 cm³/mol. The molecule has 4 rings (SSSR count). The van der Waals surface area contributed by atoms with Crippen LogP contribution < -0.4 is 9.47 Å². The van der Waals surface area contributed by atoms with E-state index >= 15 is 0 Å². The molecule has 1 aliphatic rings. The summed E-state index contributed by atoms with van der Waals surface area (Å²) < 4.78 is 31.6. The van der Waals surface area contributed by atoms with Gasteiger partial charge in [-0.2, -0.15) is 0 Å². The number of aliphatic carboxylic acids is 1. The standard InChI is InChI=1S/C28H27FO5/c1-32-22-7-9-27(29)26(17-22)24-8-5-20(16-25(24)21-11-13-33-14-12-21)18-34-23-4-2-3-19(15-23)6-10-28(30)31/h2-5,7-9,11,15-17H,6,10,12-14,18H2,1H3,(H,30,31). The Morgan fingerprint density at radius 2 is 1.88 bits per heavy atom. The molecule has 0 unspecified atom stereocenters. The zero-order chi connectivity index (χ0) is 23.9. The van der Waals surface area contributed by atoms with Gasteiger partial charge in [0.15, 0.2) is 0 Å². The van der Waals surface area contributed by atoms with Crippen LogP contribution in [0.25, 0.3) is 16.7 Å². The lowest BCUT2D eigenvalue weighted by Gasteiger charge is -2.19. The Bertz CT molecular complexity index is 1200. The third kappa shape index (κ3) is 5.83. The lowest BCUT2D eigenvalue weighted by molar-refractivity contribution is -0.136. The molecule has 3 aromatic carbocycles. The molecule has 0 fully saturated rings. The van der Waals surface area contributed by atoms with E-state index in [1.807, 2.05) is 48.5 Å². The summed E-state index contributed by atoms with van der Waals surface area (Å²) in [5.74, 6) is 0.141. The fraction of sp³-hybridized carbons (Fsp3) is 0.250. The first-order valence-corrected chi connectivity index (χ1v) is 11.2. The topological polar surface area (TPSA) is 65.0 Å². The number of benzene rings is 3. The van der Waals surface area contributed by atoms with Crippen molar-refractivity contribution in [2.75, 3.05) is 20.3 Å². The van der Waals surface area contributed by atoms with Crippen LogP contribution in [0.15, 0.2) is 66.7 Å². The molecule has 5 nitrogen and oxygen atoms in total. The summed E-state index contributed by atoms with van der Waals surface area (Å²) >= 11 is 0. The van der Waals surface area contributed by atoms with E-state index in [0.29, 0.717) is 43.3 Å². The summed E-state index contributed by atoms with van der Waals surface area (Å²) in [6.07, 6.45) is 3.31. The Morgan fingerprint density at radius 3 is 2.65 bits per heavy atom. The minimum Gasteiger partial charge on any atom is -0.497 e. The van der Waals surface area contributed by atoms with E-state index in [0.717, 1.165) is 34.2 Å². The molecular formula is C28H27FO5. The number of rotatable bonds is 9. The fourth-order valence-corrected chi connectivity index (χ4v) is 4.00. The molecule has 0 aromatic heterocycles. The number of ether oxygens (including phenoxy) is 3. The van der Waals surface area contributed by atoms with E-state index in [1.54, 1.807) is 19.2 Å². The number of halogens is 1. The van der Waals surface area contributed by atoms with Gasteiger partial charge in [0.1, 0.15) is 23.9 Å². The molecule has 0 spiro atoms. The highest BCUT2D eigenvalue weighted by molar-refractivity contribution is 5.83. The average Bonchev–Trinajstić information content (AvgIpc) is 2.87. The summed E-state index contributed by atoms with van der Waals surface area (Å²) in [6, 6.07) is 18.1. The van der Waals surface area contributed by atoms with Crippen LogP contribution in [0.3, 0.4) is 0 Å². The first kappa shape index (κ1) is 23.5. The number of hydrogen-bond donors (Lipinski definition) is 1. The highest BCUT2D eigenvalue weighted by atomic mass is 19.1. The van der Waals surface area contributed by atoms with Gasteiger partial charge in [0.25, 0.3) is 0 Å². The van der Waals surface area contributed by atoms with Gasteiger partial charge < -0.3 is 19.3 Å². The maximum Gasteiger partial charge on any atom is 0.303 e. The number of methoxy groups -OCH3 is 1. The molecule has 1 heterocycles. The minimum atomic E-state index is -0.825. The van der Waals surface area contributed by atoms with E-state index < -0.39 is 5.97 Å². The average molecular weight is 463 g/mol. The molecule has 0 radical (unpaired) electrons. The predicted octanol–water partition coefficient (Wildman–Crippen LogP) is 5.90. The number of carbonyl (C=O) groups is 1. The number of carboxylic acids is 1. The van der Waals surface area contributed by atoms with Crippen molar-refractivity contribution in [1.82, 2.24) is 0 Å². The molecule has 0 saturated heterocycles. The first-order chi connectivity index (χ1) is 16.5. The Labute approximate surface area is 198 Å². The Kier molecular flexibility index (Phi) is 7.60. The van der Waals surface area contributed by atoms with Crippen molar-refractivity contribution in [3.05, 3.63) is 89.2 Å².